The van der Waals surface area contributed by atoms with Gasteiger partial charge in [0.25, 0.3) is 0 Å². The predicted molar refractivity (Wildman–Crippen MR) is 69.8 cm³/mol. The Balaban J connectivity index is 2.58. The van der Waals surface area contributed by atoms with E-state index in [1.807, 2.05) is 26.0 Å². The first-order chi connectivity index (χ1) is 7.56. The molecule has 2 rings (SSSR count). The van der Waals surface area contributed by atoms with E-state index in [4.69, 9.17) is 12.2 Å². The Hall–Kier alpha value is -1.07. The summed E-state index contributed by atoms with van der Waals surface area (Å²) in [7, 11) is 0. The first kappa shape index (κ1) is 11.4. The van der Waals surface area contributed by atoms with Crippen LogP contribution in [0.25, 0.3) is 11.4 Å². The maximum absolute atomic E-state index is 5.15. The monoisotopic (exact) mass is 295 g/mol. The van der Waals surface area contributed by atoms with Crippen LogP contribution in [-0.4, -0.2) is 15.0 Å². The van der Waals surface area contributed by atoms with Crippen molar-refractivity contribution in [3.63, 3.8) is 0 Å². The smallest absolute Gasteiger partial charge is 0.138 e. The van der Waals surface area contributed by atoms with Crippen molar-refractivity contribution in [2.24, 2.45) is 0 Å². The zero-order chi connectivity index (χ0) is 11.7. The zero-order valence-corrected chi connectivity index (χ0v) is 11.3. The highest BCUT2D eigenvalue weighted by Crippen LogP contribution is 2.18. The molecule has 0 aliphatic rings. The van der Waals surface area contributed by atoms with Crippen molar-refractivity contribution >= 4 is 28.1 Å². The topological polar surface area (TPSA) is 41.6 Å². The van der Waals surface area contributed by atoms with Crippen molar-refractivity contribution in [3.8, 4) is 11.4 Å². The van der Waals surface area contributed by atoms with Crippen LogP contribution < -0.4 is 0 Å². The number of aryl methyl sites for hydroxylation is 2. The van der Waals surface area contributed by atoms with E-state index >= 15 is 0 Å². The lowest BCUT2D eigenvalue weighted by Gasteiger charge is -2.04. The number of H-pyrrole nitrogens is 1. The first-order valence-corrected chi connectivity index (χ1v) is 5.97. The van der Waals surface area contributed by atoms with E-state index in [-0.39, 0.29) is 0 Å². The molecule has 5 heteroatoms. The van der Waals surface area contributed by atoms with Crippen molar-refractivity contribution in [2.75, 3.05) is 0 Å². The fourth-order valence-corrected chi connectivity index (χ4v) is 1.85. The molecule has 0 amide bonds. The van der Waals surface area contributed by atoms with Crippen LogP contribution in [0, 0.1) is 18.5 Å². The lowest BCUT2D eigenvalue weighted by atomic mass is 10.2. The maximum atomic E-state index is 5.15. The number of aromatic amines is 1. The Bertz CT molecular complexity index is 572. The number of aromatic nitrogens is 3. The molecule has 1 N–H and O–H groups in total. The van der Waals surface area contributed by atoms with Gasteiger partial charge in [-0.25, -0.2) is 4.98 Å². The van der Waals surface area contributed by atoms with Crippen molar-refractivity contribution in [3.05, 3.63) is 38.8 Å². The molecular formula is C11H10BrN3S. The number of hydrogen-bond donors (Lipinski definition) is 1. The molecule has 0 aromatic carbocycles. The molecule has 2 aromatic rings. The molecule has 0 atom stereocenters. The number of nitrogens with zero attached hydrogens (tertiary/aromatic N) is 2. The van der Waals surface area contributed by atoms with Gasteiger partial charge in [0.1, 0.15) is 10.5 Å². The maximum Gasteiger partial charge on any atom is 0.138 e. The molecule has 0 unspecified atom stereocenters. The fourth-order valence-electron chi connectivity index (χ4n) is 1.50. The van der Waals surface area contributed by atoms with Crippen LogP contribution in [0.4, 0.5) is 0 Å². The van der Waals surface area contributed by atoms with Crippen LogP contribution in [-0.2, 0) is 0 Å². The lowest BCUT2D eigenvalue weighted by Crippen LogP contribution is -1.93. The van der Waals surface area contributed by atoms with Gasteiger partial charge in [0, 0.05) is 23.1 Å². The second kappa shape index (κ2) is 4.43. The van der Waals surface area contributed by atoms with Gasteiger partial charge in [0.15, 0.2) is 0 Å². The van der Waals surface area contributed by atoms with E-state index < -0.39 is 0 Å². The van der Waals surface area contributed by atoms with Gasteiger partial charge in [-0.2, -0.15) is 0 Å². The number of pyridine rings is 1. The molecule has 0 saturated carbocycles. The van der Waals surface area contributed by atoms with E-state index in [2.05, 4.69) is 30.9 Å². The third-order valence-corrected chi connectivity index (χ3v) is 3.30. The number of rotatable bonds is 1. The molecule has 2 heterocycles. The third kappa shape index (κ3) is 2.36. The van der Waals surface area contributed by atoms with E-state index in [1.54, 1.807) is 6.20 Å². The van der Waals surface area contributed by atoms with Crippen molar-refractivity contribution in [1.82, 2.24) is 15.0 Å². The van der Waals surface area contributed by atoms with Crippen molar-refractivity contribution in [1.29, 1.82) is 0 Å². The summed E-state index contributed by atoms with van der Waals surface area (Å²) in [5.74, 6) is 0.766. The Morgan fingerprint density at radius 1 is 1.25 bits per heavy atom. The van der Waals surface area contributed by atoms with Crippen LogP contribution in [0.2, 0.25) is 0 Å². The summed E-state index contributed by atoms with van der Waals surface area (Å²) in [6.07, 6.45) is 1.71. The molecule has 0 fully saturated rings. The second-order valence-corrected chi connectivity index (χ2v) is 4.81. The fraction of sp³-hybridized carbons (Fsp3) is 0.182. The summed E-state index contributed by atoms with van der Waals surface area (Å²) in [4.78, 5) is 11.7. The van der Waals surface area contributed by atoms with Gasteiger partial charge in [-0.3, -0.25) is 4.98 Å². The van der Waals surface area contributed by atoms with Gasteiger partial charge in [-0.1, -0.05) is 12.2 Å². The molecule has 16 heavy (non-hydrogen) atoms. The molecule has 0 aliphatic carbocycles. The van der Waals surface area contributed by atoms with Gasteiger partial charge in [0.05, 0.1) is 4.47 Å². The summed E-state index contributed by atoms with van der Waals surface area (Å²) >= 11 is 8.47. The largest absolute Gasteiger partial charge is 0.330 e. The zero-order valence-electron chi connectivity index (χ0n) is 8.91. The minimum absolute atomic E-state index is 0.650. The molecular weight excluding hydrogens is 286 g/mol. The number of nitrogens with one attached hydrogen (secondary N) is 1. The van der Waals surface area contributed by atoms with Crippen LogP contribution in [0.3, 0.4) is 0 Å². The average molecular weight is 296 g/mol. The molecule has 0 radical (unpaired) electrons. The molecule has 82 valence electrons. The highest BCUT2D eigenvalue weighted by molar-refractivity contribution is 9.10. The summed E-state index contributed by atoms with van der Waals surface area (Å²) in [5, 5.41) is 0. The van der Waals surface area contributed by atoms with Crippen molar-refractivity contribution < 1.29 is 0 Å². The molecule has 0 aliphatic heterocycles. The highest BCUT2D eigenvalue weighted by atomic mass is 79.9. The van der Waals surface area contributed by atoms with Crippen LogP contribution in [0.5, 0.6) is 0 Å². The molecule has 0 saturated heterocycles. The van der Waals surface area contributed by atoms with Crippen LogP contribution in [0.1, 0.15) is 11.4 Å². The van der Waals surface area contributed by atoms with E-state index in [0.29, 0.717) is 4.64 Å². The molecule has 3 nitrogen and oxygen atoms in total. The predicted octanol–water partition coefficient (Wildman–Crippen LogP) is 3.58. The van der Waals surface area contributed by atoms with Gasteiger partial charge in [-0.15, -0.1) is 0 Å². The molecule has 2 aromatic heterocycles. The standard InChI is InChI=1S/C11H10BrN3S/c1-6-3-8(4-7(2)14-6)10-13-5-9(12)11(16)15-10/h3-5H,1-2H3,(H,13,15,16). The normalized spacial score (nSPS) is 10.4. The Morgan fingerprint density at radius 3 is 2.44 bits per heavy atom. The van der Waals surface area contributed by atoms with Crippen LogP contribution in [0.15, 0.2) is 22.8 Å². The highest BCUT2D eigenvalue weighted by Gasteiger charge is 2.03. The summed E-state index contributed by atoms with van der Waals surface area (Å²) < 4.78 is 1.45. The van der Waals surface area contributed by atoms with Gasteiger partial charge in [0.2, 0.25) is 0 Å². The van der Waals surface area contributed by atoms with Crippen LogP contribution >= 0.6 is 28.1 Å². The molecule has 0 bridgehead atoms. The number of hydrogen-bond acceptors (Lipinski definition) is 3. The average Bonchev–Trinajstić information content (AvgIpc) is 2.20. The minimum Gasteiger partial charge on any atom is -0.330 e. The summed E-state index contributed by atoms with van der Waals surface area (Å²) in [5.41, 5.74) is 2.95. The van der Waals surface area contributed by atoms with Gasteiger partial charge < -0.3 is 4.98 Å². The van der Waals surface area contributed by atoms with E-state index in [9.17, 15) is 0 Å². The summed E-state index contributed by atoms with van der Waals surface area (Å²) in [6.45, 7) is 3.92. The molecule has 0 spiro atoms. The summed E-state index contributed by atoms with van der Waals surface area (Å²) in [6, 6.07) is 3.96. The minimum atomic E-state index is 0.650. The van der Waals surface area contributed by atoms with Gasteiger partial charge >= 0.3 is 0 Å². The van der Waals surface area contributed by atoms with Gasteiger partial charge in [-0.05, 0) is 41.9 Å². The van der Waals surface area contributed by atoms with E-state index in [1.165, 1.54) is 0 Å². The Kier molecular flexibility index (Phi) is 3.16. The Morgan fingerprint density at radius 2 is 1.88 bits per heavy atom. The SMILES string of the molecule is Cc1cc(-c2ncc(Br)c(=S)[nH]2)cc(C)n1. The third-order valence-electron chi connectivity index (χ3n) is 2.11. The number of halogens is 1. The Labute approximate surface area is 107 Å². The lowest BCUT2D eigenvalue weighted by molar-refractivity contribution is 1.10. The quantitative estimate of drug-likeness (QED) is 0.818. The van der Waals surface area contributed by atoms with Crippen molar-refractivity contribution in [2.45, 2.75) is 13.8 Å². The first-order valence-electron chi connectivity index (χ1n) is 4.77. The van der Waals surface area contributed by atoms with E-state index in [0.717, 1.165) is 27.2 Å². The second-order valence-electron chi connectivity index (χ2n) is 3.55.